The van der Waals surface area contributed by atoms with E-state index in [9.17, 15) is 9.59 Å². The molecule has 0 aromatic rings. The van der Waals surface area contributed by atoms with E-state index >= 15 is 0 Å². The van der Waals surface area contributed by atoms with Crippen LogP contribution in [0.4, 0.5) is 4.79 Å². The summed E-state index contributed by atoms with van der Waals surface area (Å²) in [6.45, 7) is 0. The maximum atomic E-state index is 11.0. The summed E-state index contributed by atoms with van der Waals surface area (Å²) < 4.78 is 2.63. The zero-order chi connectivity index (χ0) is 9.42. The van der Waals surface area contributed by atoms with Gasteiger partial charge in [-0.15, -0.1) is 0 Å². The van der Waals surface area contributed by atoms with Gasteiger partial charge >= 0.3 is 6.03 Å². The molecule has 0 aromatic carbocycles. The number of carbonyl (C=O) groups is 2. The second-order valence-electron chi connectivity index (χ2n) is 3.34. The van der Waals surface area contributed by atoms with Gasteiger partial charge in [0.05, 0.1) is 12.0 Å². The predicted octanol–water partition coefficient (Wildman–Crippen LogP) is -0.420. The molecule has 6 heteroatoms. The summed E-state index contributed by atoms with van der Waals surface area (Å²) in [6, 6.07) is -0.296. The molecule has 0 radical (unpaired) electrons. The Morgan fingerprint density at radius 1 is 1.54 bits per heavy atom. The lowest BCUT2D eigenvalue weighted by Gasteiger charge is -2.28. The zero-order valence-corrected chi connectivity index (χ0v) is 7.76. The molecule has 13 heavy (non-hydrogen) atoms. The Bertz CT molecular complexity index is 258. The Hall–Kier alpha value is -0.910. The molecule has 1 aliphatic carbocycles. The monoisotopic (exact) mass is 201 g/mol. The van der Waals surface area contributed by atoms with Gasteiger partial charge in [0.2, 0.25) is 5.91 Å². The van der Waals surface area contributed by atoms with Gasteiger partial charge in [0.1, 0.15) is 0 Å². The lowest BCUT2D eigenvalue weighted by Crippen LogP contribution is -2.53. The van der Waals surface area contributed by atoms with Gasteiger partial charge < -0.3 is 11.1 Å². The van der Waals surface area contributed by atoms with Gasteiger partial charge in [0, 0.05) is 5.25 Å². The van der Waals surface area contributed by atoms with Crippen molar-refractivity contribution in [1.29, 1.82) is 0 Å². The number of primary amides is 1. The fourth-order valence-corrected chi connectivity index (χ4v) is 2.89. The van der Waals surface area contributed by atoms with Gasteiger partial charge in [-0.25, -0.2) is 4.79 Å². The molecule has 1 heterocycles. The Morgan fingerprint density at radius 3 is 3.00 bits per heavy atom. The van der Waals surface area contributed by atoms with Gasteiger partial charge in [0.25, 0.3) is 0 Å². The minimum atomic E-state index is -0.310. The number of nitrogens with one attached hydrogen (secondary N) is 2. The first-order valence-electron chi connectivity index (χ1n) is 4.20. The van der Waals surface area contributed by atoms with Crippen LogP contribution < -0.4 is 15.8 Å². The molecule has 72 valence electrons. The van der Waals surface area contributed by atoms with E-state index in [4.69, 9.17) is 5.73 Å². The molecule has 2 rings (SSSR count). The number of amides is 3. The fraction of sp³-hybridized carbons (Fsp3) is 0.714. The van der Waals surface area contributed by atoms with E-state index in [0.717, 1.165) is 12.8 Å². The average molecular weight is 201 g/mol. The smallest absolute Gasteiger partial charge is 0.325 e. The van der Waals surface area contributed by atoms with Crippen molar-refractivity contribution >= 4 is 23.9 Å². The first-order chi connectivity index (χ1) is 6.18. The van der Waals surface area contributed by atoms with Crippen LogP contribution in [0.5, 0.6) is 0 Å². The summed E-state index contributed by atoms with van der Waals surface area (Å²) in [6.07, 6.45) is 1.70. The Morgan fingerprint density at radius 2 is 2.31 bits per heavy atom. The highest BCUT2D eigenvalue weighted by molar-refractivity contribution is 7.98. The van der Waals surface area contributed by atoms with Gasteiger partial charge in [-0.3, -0.25) is 9.52 Å². The molecule has 3 unspecified atom stereocenters. The average Bonchev–Trinajstić information content (AvgIpc) is 2.46. The van der Waals surface area contributed by atoms with E-state index in [-0.39, 0.29) is 29.1 Å². The van der Waals surface area contributed by atoms with Crippen molar-refractivity contribution in [2.24, 2.45) is 11.7 Å². The SMILES string of the molecule is NC(=O)C1CCC2SNC(=O)NC21. The maximum absolute atomic E-state index is 11.0. The van der Waals surface area contributed by atoms with Crippen molar-refractivity contribution in [1.82, 2.24) is 10.0 Å². The van der Waals surface area contributed by atoms with Crippen molar-refractivity contribution in [2.45, 2.75) is 24.1 Å². The first kappa shape index (κ1) is 8.68. The molecule has 0 aromatic heterocycles. The first-order valence-corrected chi connectivity index (χ1v) is 5.08. The Balaban J connectivity index is 2.11. The highest BCUT2D eigenvalue weighted by atomic mass is 32.2. The summed E-state index contributed by atoms with van der Waals surface area (Å²) in [4.78, 5) is 22.0. The van der Waals surface area contributed by atoms with E-state index < -0.39 is 0 Å². The summed E-state index contributed by atoms with van der Waals surface area (Å²) in [5, 5.41) is 3.03. The molecule has 0 bridgehead atoms. The molecule has 2 aliphatic rings. The summed E-state index contributed by atoms with van der Waals surface area (Å²) in [7, 11) is 0. The van der Waals surface area contributed by atoms with Crippen LogP contribution >= 0.6 is 11.9 Å². The highest BCUT2D eigenvalue weighted by Crippen LogP contribution is 2.34. The molecule has 1 saturated carbocycles. The van der Waals surface area contributed by atoms with Crippen LogP contribution in [0.15, 0.2) is 0 Å². The summed E-state index contributed by atoms with van der Waals surface area (Å²) in [5.41, 5.74) is 5.23. The third kappa shape index (κ3) is 1.46. The lowest BCUT2D eigenvalue weighted by atomic mass is 10.0. The van der Waals surface area contributed by atoms with Crippen LogP contribution in [0.25, 0.3) is 0 Å². The molecule has 1 aliphatic heterocycles. The number of hydrogen-bond donors (Lipinski definition) is 3. The number of urea groups is 1. The van der Waals surface area contributed by atoms with Crippen LogP contribution in [0.1, 0.15) is 12.8 Å². The van der Waals surface area contributed by atoms with Gasteiger partial charge in [-0.1, -0.05) is 0 Å². The van der Waals surface area contributed by atoms with Crippen molar-refractivity contribution in [2.75, 3.05) is 0 Å². The van der Waals surface area contributed by atoms with Crippen molar-refractivity contribution in [3.8, 4) is 0 Å². The van der Waals surface area contributed by atoms with Crippen molar-refractivity contribution in [3.05, 3.63) is 0 Å². The van der Waals surface area contributed by atoms with Crippen molar-refractivity contribution in [3.63, 3.8) is 0 Å². The maximum Gasteiger partial charge on any atom is 0.325 e. The highest BCUT2D eigenvalue weighted by Gasteiger charge is 2.43. The van der Waals surface area contributed by atoms with Crippen LogP contribution in [0.2, 0.25) is 0 Å². The number of fused-ring (bicyclic) bond motifs is 1. The number of hydrogen-bond acceptors (Lipinski definition) is 3. The summed E-state index contributed by atoms with van der Waals surface area (Å²) >= 11 is 1.39. The van der Waals surface area contributed by atoms with E-state index in [2.05, 4.69) is 10.0 Å². The fourth-order valence-electron chi connectivity index (χ4n) is 1.92. The van der Waals surface area contributed by atoms with Crippen molar-refractivity contribution < 1.29 is 9.59 Å². The van der Waals surface area contributed by atoms with E-state index in [1.54, 1.807) is 0 Å². The minimum Gasteiger partial charge on any atom is -0.369 e. The molecule has 3 atom stereocenters. The Labute approximate surface area is 79.9 Å². The molecule has 2 fully saturated rings. The van der Waals surface area contributed by atoms with E-state index in [1.165, 1.54) is 11.9 Å². The zero-order valence-electron chi connectivity index (χ0n) is 6.95. The minimum absolute atomic E-state index is 0.0729. The van der Waals surface area contributed by atoms with E-state index in [0.29, 0.717) is 0 Å². The standard InChI is InChI=1S/C7H11N3O2S/c8-6(11)3-1-2-4-5(3)9-7(12)10-13-4/h3-5H,1-2H2,(H2,8,11)(H2,9,10,12). The van der Waals surface area contributed by atoms with Gasteiger partial charge in [0.15, 0.2) is 0 Å². The second kappa shape index (κ2) is 3.10. The molecule has 0 spiro atoms. The molecule has 3 amide bonds. The third-order valence-corrected chi connectivity index (χ3v) is 3.70. The van der Waals surface area contributed by atoms with Crippen LogP contribution in [0, 0.1) is 5.92 Å². The molecular weight excluding hydrogens is 190 g/mol. The van der Waals surface area contributed by atoms with Crippen LogP contribution in [-0.2, 0) is 4.79 Å². The number of nitrogens with two attached hydrogens (primary N) is 1. The van der Waals surface area contributed by atoms with Gasteiger partial charge in [-0.2, -0.15) is 0 Å². The largest absolute Gasteiger partial charge is 0.369 e. The third-order valence-electron chi connectivity index (χ3n) is 2.56. The topological polar surface area (TPSA) is 84.2 Å². The number of rotatable bonds is 1. The predicted molar refractivity (Wildman–Crippen MR) is 48.8 cm³/mol. The summed E-state index contributed by atoms with van der Waals surface area (Å²) in [5.74, 6) is -0.501. The molecule has 4 N–H and O–H groups in total. The van der Waals surface area contributed by atoms with Crippen LogP contribution in [-0.4, -0.2) is 23.2 Å². The van der Waals surface area contributed by atoms with Gasteiger partial charge in [-0.05, 0) is 24.8 Å². The normalized spacial score (nSPS) is 37.5. The van der Waals surface area contributed by atoms with Crippen LogP contribution in [0.3, 0.4) is 0 Å². The molecule has 5 nitrogen and oxygen atoms in total. The van der Waals surface area contributed by atoms with E-state index in [1.807, 2.05) is 0 Å². The molecular formula is C7H11N3O2S. The Kier molecular flexibility index (Phi) is 2.07. The lowest BCUT2D eigenvalue weighted by molar-refractivity contribution is -0.122. The quantitative estimate of drug-likeness (QED) is 0.504. The number of carbonyl (C=O) groups excluding carboxylic acids is 2. The second-order valence-corrected chi connectivity index (χ2v) is 4.39. The molecule has 1 saturated heterocycles.